The number of nitrogens with one attached hydrogen (secondary N) is 1. The Kier molecular flexibility index (Phi) is 4.82. The van der Waals surface area contributed by atoms with Gasteiger partial charge in [0.2, 0.25) is 5.95 Å². The lowest BCUT2D eigenvalue weighted by molar-refractivity contribution is 0.310. The molecule has 126 valence electrons. The SMILES string of the molecule is O=S(=O)(CCn1c(NCCO)nc2ccccc21)c1ccccc1. The highest BCUT2D eigenvalue weighted by Crippen LogP contribution is 2.20. The van der Waals surface area contributed by atoms with Gasteiger partial charge in [-0.1, -0.05) is 30.3 Å². The van der Waals surface area contributed by atoms with Crippen LogP contribution in [0.3, 0.4) is 0 Å². The first-order valence-electron chi connectivity index (χ1n) is 7.69. The molecule has 0 fully saturated rings. The summed E-state index contributed by atoms with van der Waals surface area (Å²) in [6.45, 7) is 0.617. The summed E-state index contributed by atoms with van der Waals surface area (Å²) >= 11 is 0. The van der Waals surface area contributed by atoms with Crippen LogP contribution < -0.4 is 5.32 Å². The summed E-state index contributed by atoms with van der Waals surface area (Å²) < 4.78 is 26.8. The van der Waals surface area contributed by atoms with Crippen LogP contribution in [0.15, 0.2) is 59.5 Å². The van der Waals surface area contributed by atoms with Gasteiger partial charge in [-0.25, -0.2) is 13.4 Å². The summed E-state index contributed by atoms with van der Waals surface area (Å²) in [5.74, 6) is 0.541. The normalized spacial score (nSPS) is 11.7. The Balaban J connectivity index is 1.89. The Morgan fingerprint density at radius 3 is 2.50 bits per heavy atom. The number of hydrogen-bond donors (Lipinski definition) is 2. The van der Waals surface area contributed by atoms with E-state index in [9.17, 15) is 8.42 Å². The average molecular weight is 345 g/mol. The first kappa shape index (κ1) is 16.5. The summed E-state index contributed by atoms with van der Waals surface area (Å²) in [6.07, 6.45) is 0. The lowest BCUT2D eigenvalue weighted by atomic mass is 10.3. The molecule has 0 amide bonds. The first-order chi connectivity index (χ1) is 11.6. The van der Waals surface area contributed by atoms with Crippen LogP contribution in [0.25, 0.3) is 11.0 Å². The predicted octanol–water partition coefficient (Wildman–Crippen LogP) is 1.91. The number of fused-ring (bicyclic) bond motifs is 1. The van der Waals surface area contributed by atoms with Crippen molar-refractivity contribution in [3.05, 3.63) is 54.6 Å². The molecule has 0 unspecified atom stereocenters. The molecule has 6 nitrogen and oxygen atoms in total. The molecule has 0 saturated heterocycles. The zero-order chi connectivity index (χ0) is 17.0. The fourth-order valence-electron chi connectivity index (χ4n) is 2.56. The number of nitrogens with zero attached hydrogens (tertiary/aromatic N) is 2. The number of para-hydroxylation sites is 2. The molecule has 7 heteroatoms. The van der Waals surface area contributed by atoms with Crippen LogP contribution in [0.2, 0.25) is 0 Å². The van der Waals surface area contributed by atoms with Crippen molar-refractivity contribution in [1.82, 2.24) is 9.55 Å². The van der Waals surface area contributed by atoms with E-state index in [1.165, 1.54) is 0 Å². The van der Waals surface area contributed by atoms with Crippen molar-refractivity contribution < 1.29 is 13.5 Å². The van der Waals surface area contributed by atoms with Gasteiger partial charge >= 0.3 is 0 Å². The van der Waals surface area contributed by atoms with Gasteiger partial charge in [0.15, 0.2) is 9.84 Å². The summed E-state index contributed by atoms with van der Waals surface area (Å²) in [6, 6.07) is 16.0. The number of aromatic nitrogens is 2. The number of imidazole rings is 1. The van der Waals surface area contributed by atoms with Gasteiger partial charge in [-0.05, 0) is 24.3 Å². The van der Waals surface area contributed by atoms with Crippen LogP contribution >= 0.6 is 0 Å². The van der Waals surface area contributed by atoms with Crippen LogP contribution in [0.4, 0.5) is 5.95 Å². The molecule has 3 aromatic rings. The number of aliphatic hydroxyl groups excluding tert-OH is 1. The number of sulfone groups is 1. The second-order valence-corrected chi connectivity index (χ2v) is 7.47. The zero-order valence-corrected chi connectivity index (χ0v) is 13.9. The molecule has 3 rings (SSSR count). The van der Waals surface area contributed by atoms with Crippen molar-refractivity contribution in [3.63, 3.8) is 0 Å². The van der Waals surface area contributed by atoms with E-state index in [2.05, 4.69) is 10.3 Å². The maximum Gasteiger partial charge on any atom is 0.203 e. The molecule has 0 atom stereocenters. The fourth-order valence-corrected chi connectivity index (χ4v) is 3.79. The molecular formula is C17H19N3O3S. The maximum atomic E-state index is 12.5. The Morgan fingerprint density at radius 2 is 1.75 bits per heavy atom. The highest BCUT2D eigenvalue weighted by molar-refractivity contribution is 7.91. The minimum Gasteiger partial charge on any atom is -0.395 e. The van der Waals surface area contributed by atoms with Crippen LogP contribution in [0.1, 0.15) is 0 Å². The van der Waals surface area contributed by atoms with Gasteiger partial charge in [0.1, 0.15) is 0 Å². The number of rotatable bonds is 7. The monoisotopic (exact) mass is 345 g/mol. The van der Waals surface area contributed by atoms with Gasteiger partial charge < -0.3 is 15.0 Å². The molecule has 0 aliphatic rings. The smallest absolute Gasteiger partial charge is 0.203 e. The molecule has 0 radical (unpaired) electrons. The third-order valence-electron chi connectivity index (χ3n) is 3.74. The van der Waals surface area contributed by atoms with Gasteiger partial charge in [-0.3, -0.25) is 0 Å². The van der Waals surface area contributed by atoms with Crippen LogP contribution in [0.5, 0.6) is 0 Å². The maximum absolute atomic E-state index is 12.5. The van der Waals surface area contributed by atoms with Crippen LogP contribution in [-0.4, -0.2) is 42.0 Å². The molecule has 1 heterocycles. The van der Waals surface area contributed by atoms with Gasteiger partial charge in [0, 0.05) is 13.1 Å². The zero-order valence-electron chi connectivity index (χ0n) is 13.1. The highest BCUT2D eigenvalue weighted by Gasteiger charge is 2.17. The number of aliphatic hydroxyl groups is 1. The third-order valence-corrected chi connectivity index (χ3v) is 5.45. The Morgan fingerprint density at radius 1 is 1.04 bits per heavy atom. The second-order valence-electron chi connectivity index (χ2n) is 5.36. The molecule has 0 aliphatic carbocycles. The van der Waals surface area contributed by atoms with E-state index in [4.69, 9.17) is 5.11 Å². The summed E-state index contributed by atoms with van der Waals surface area (Å²) in [7, 11) is -3.37. The number of aryl methyl sites for hydroxylation is 1. The molecule has 0 aliphatic heterocycles. The van der Waals surface area contributed by atoms with E-state index < -0.39 is 9.84 Å². The van der Waals surface area contributed by atoms with E-state index in [-0.39, 0.29) is 18.9 Å². The van der Waals surface area contributed by atoms with E-state index in [1.54, 1.807) is 30.3 Å². The predicted molar refractivity (Wildman–Crippen MR) is 93.8 cm³/mol. The van der Waals surface area contributed by atoms with Crippen molar-refractivity contribution in [2.24, 2.45) is 0 Å². The molecule has 2 aromatic carbocycles. The van der Waals surface area contributed by atoms with Crippen molar-refractivity contribution in [2.75, 3.05) is 24.2 Å². The van der Waals surface area contributed by atoms with Gasteiger partial charge in [-0.2, -0.15) is 0 Å². The third kappa shape index (κ3) is 3.42. The van der Waals surface area contributed by atoms with E-state index in [0.717, 1.165) is 11.0 Å². The van der Waals surface area contributed by atoms with E-state index in [0.29, 0.717) is 17.4 Å². The molecular weight excluding hydrogens is 326 g/mol. The average Bonchev–Trinajstić information content (AvgIpc) is 2.96. The quantitative estimate of drug-likeness (QED) is 0.683. The number of hydrogen-bond acceptors (Lipinski definition) is 5. The molecule has 2 N–H and O–H groups in total. The van der Waals surface area contributed by atoms with Crippen LogP contribution in [0, 0.1) is 0 Å². The molecule has 0 bridgehead atoms. The van der Waals surface area contributed by atoms with Crippen molar-refractivity contribution in [3.8, 4) is 0 Å². The molecule has 1 aromatic heterocycles. The topological polar surface area (TPSA) is 84.2 Å². The van der Waals surface area contributed by atoms with Gasteiger partial charge in [-0.15, -0.1) is 0 Å². The lowest BCUT2D eigenvalue weighted by Gasteiger charge is -2.11. The van der Waals surface area contributed by atoms with E-state index in [1.807, 2.05) is 28.8 Å². The summed E-state index contributed by atoms with van der Waals surface area (Å²) in [5.41, 5.74) is 1.65. The largest absolute Gasteiger partial charge is 0.395 e. The van der Waals surface area contributed by atoms with E-state index >= 15 is 0 Å². The van der Waals surface area contributed by atoms with Gasteiger partial charge in [0.25, 0.3) is 0 Å². The Labute approximate surface area is 140 Å². The minimum absolute atomic E-state index is 0.0223. The van der Waals surface area contributed by atoms with Crippen molar-refractivity contribution in [2.45, 2.75) is 11.4 Å². The van der Waals surface area contributed by atoms with Crippen molar-refractivity contribution in [1.29, 1.82) is 0 Å². The first-order valence-corrected chi connectivity index (χ1v) is 9.35. The highest BCUT2D eigenvalue weighted by atomic mass is 32.2. The van der Waals surface area contributed by atoms with Crippen LogP contribution in [-0.2, 0) is 16.4 Å². The summed E-state index contributed by atoms with van der Waals surface area (Å²) in [5, 5.41) is 12.0. The Bertz CT molecular complexity index is 921. The minimum atomic E-state index is -3.37. The second kappa shape index (κ2) is 7.02. The molecule has 24 heavy (non-hydrogen) atoms. The number of benzene rings is 2. The Hall–Kier alpha value is -2.38. The molecule has 0 spiro atoms. The standard InChI is InChI=1S/C17H19N3O3S/c21-12-10-18-17-19-15-8-4-5-9-16(15)20(17)11-13-24(22,23)14-6-2-1-3-7-14/h1-9,21H,10-13H2,(H,18,19). The van der Waals surface area contributed by atoms with Gasteiger partial charge in [0.05, 0.1) is 28.3 Å². The lowest BCUT2D eigenvalue weighted by Crippen LogP contribution is -2.16. The fraction of sp³-hybridized carbons (Fsp3) is 0.235. The number of anilines is 1. The van der Waals surface area contributed by atoms with Crippen molar-refractivity contribution >= 4 is 26.8 Å². The molecule has 0 saturated carbocycles. The summed E-state index contributed by atoms with van der Waals surface area (Å²) in [4.78, 5) is 4.79.